The van der Waals surface area contributed by atoms with Crippen LogP contribution >= 0.6 is 0 Å². The molecule has 4 heterocycles. The minimum absolute atomic E-state index is 0.174. The van der Waals surface area contributed by atoms with E-state index in [1.807, 2.05) is 24.5 Å². The van der Waals surface area contributed by atoms with Crippen molar-refractivity contribution in [3.63, 3.8) is 0 Å². The molecule has 0 aliphatic carbocycles. The van der Waals surface area contributed by atoms with Crippen LogP contribution in [0.25, 0.3) is 22.7 Å². The lowest BCUT2D eigenvalue weighted by Crippen LogP contribution is -2.31. The monoisotopic (exact) mass is 478 g/mol. The first-order chi connectivity index (χ1) is 16.9. The standard InChI is InChI=1S/C24H30N8O3/c1-16(2)24(3,19-5-6-20(26-14-19)17-11-27-23(25)28-12-17)22-30-21(35-31-22)18-13-29-32(15-18)7-8-34-10-9-33-4/h5-6,11-16H,7-10H2,1-4H3,(H2,25,27,28)/t24-/m1/s1. The molecule has 0 amide bonds. The van der Waals surface area contributed by atoms with Crippen molar-refractivity contribution in [2.45, 2.75) is 32.7 Å². The second kappa shape index (κ2) is 10.7. The minimum atomic E-state index is -0.518. The lowest BCUT2D eigenvalue weighted by Gasteiger charge is -2.30. The summed E-state index contributed by atoms with van der Waals surface area (Å²) in [5.74, 6) is 1.41. The normalized spacial score (nSPS) is 13.3. The van der Waals surface area contributed by atoms with Gasteiger partial charge in [0.1, 0.15) is 0 Å². The van der Waals surface area contributed by atoms with E-state index in [9.17, 15) is 0 Å². The quantitative estimate of drug-likeness (QED) is 0.320. The molecule has 0 spiro atoms. The molecule has 0 unspecified atom stereocenters. The number of pyridine rings is 1. The number of rotatable bonds is 11. The summed E-state index contributed by atoms with van der Waals surface area (Å²) in [6.07, 6.45) is 8.73. The van der Waals surface area contributed by atoms with Crippen LogP contribution in [0.4, 0.5) is 5.95 Å². The van der Waals surface area contributed by atoms with E-state index in [0.717, 1.165) is 22.4 Å². The predicted molar refractivity (Wildman–Crippen MR) is 129 cm³/mol. The van der Waals surface area contributed by atoms with Crippen molar-refractivity contribution in [3.8, 4) is 22.7 Å². The van der Waals surface area contributed by atoms with Gasteiger partial charge in [-0.05, 0) is 24.5 Å². The molecule has 0 aliphatic heterocycles. The predicted octanol–water partition coefficient (Wildman–Crippen LogP) is 2.99. The molecule has 184 valence electrons. The molecule has 11 heteroatoms. The highest BCUT2D eigenvalue weighted by Crippen LogP contribution is 2.38. The minimum Gasteiger partial charge on any atom is -0.382 e. The van der Waals surface area contributed by atoms with Crippen LogP contribution in [0.3, 0.4) is 0 Å². The number of nitrogens with two attached hydrogens (primary N) is 1. The number of nitrogens with zero attached hydrogens (tertiary/aromatic N) is 7. The molecule has 4 aromatic rings. The Morgan fingerprint density at radius 1 is 1.03 bits per heavy atom. The first kappa shape index (κ1) is 24.4. The zero-order valence-electron chi connectivity index (χ0n) is 20.4. The molecule has 11 nitrogen and oxygen atoms in total. The highest BCUT2D eigenvalue weighted by Gasteiger charge is 2.38. The van der Waals surface area contributed by atoms with Crippen LogP contribution in [0.5, 0.6) is 0 Å². The fraction of sp³-hybridized carbons (Fsp3) is 0.417. The van der Waals surface area contributed by atoms with Gasteiger partial charge in [0.25, 0.3) is 5.89 Å². The van der Waals surface area contributed by atoms with Crippen LogP contribution < -0.4 is 5.73 Å². The van der Waals surface area contributed by atoms with Crippen LogP contribution in [0.1, 0.15) is 32.2 Å². The van der Waals surface area contributed by atoms with Gasteiger partial charge in [0.05, 0.1) is 49.2 Å². The van der Waals surface area contributed by atoms with Crippen LogP contribution in [-0.4, -0.2) is 61.8 Å². The van der Waals surface area contributed by atoms with Gasteiger partial charge in [0.15, 0.2) is 5.82 Å². The molecular formula is C24H30N8O3. The molecule has 4 aromatic heterocycles. The van der Waals surface area contributed by atoms with E-state index >= 15 is 0 Å². The molecule has 0 aliphatic rings. The summed E-state index contributed by atoms with van der Waals surface area (Å²) in [4.78, 5) is 17.4. The molecule has 1 atom stereocenters. The van der Waals surface area contributed by atoms with Crippen molar-refractivity contribution >= 4 is 5.95 Å². The second-order valence-corrected chi connectivity index (χ2v) is 8.64. The van der Waals surface area contributed by atoms with Gasteiger partial charge in [0, 0.05) is 37.5 Å². The van der Waals surface area contributed by atoms with Crippen molar-refractivity contribution in [1.82, 2.24) is 34.9 Å². The van der Waals surface area contributed by atoms with Gasteiger partial charge in [0.2, 0.25) is 5.95 Å². The van der Waals surface area contributed by atoms with Crippen LogP contribution in [0.15, 0.2) is 47.6 Å². The third-order valence-corrected chi connectivity index (χ3v) is 6.15. The van der Waals surface area contributed by atoms with Crippen molar-refractivity contribution < 1.29 is 14.0 Å². The maximum absolute atomic E-state index is 5.63. The maximum atomic E-state index is 5.63. The Morgan fingerprint density at radius 2 is 1.83 bits per heavy atom. The lowest BCUT2D eigenvalue weighted by atomic mass is 9.73. The summed E-state index contributed by atoms with van der Waals surface area (Å²) in [5.41, 5.74) is 8.35. The van der Waals surface area contributed by atoms with Gasteiger partial charge in [-0.3, -0.25) is 9.67 Å². The SMILES string of the molecule is COCCOCCn1cc(-c2nc([C@@](C)(c3ccc(-c4cnc(N)nc4)nc3)C(C)C)no2)cn1. The molecule has 0 saturated carbocycles. The number of anilines is 1. The molecule has 35 heavy (non-hydrogen) atoms. The van der Waals surface area contributed by atoms with E-state index in [1.54, 1.807) is 30.4 Å². The number of ether oxygens (including phenoxy) is 2. The Bertz CT molecular complexity index is 1220. The second-order valence-electron chi connectivity index (χ2n) is 8.64. The third kappa shape index (κ3) is 5.36. The summed E-state index contributed by atoms with van der Waals surface area (Å²) >= 11 is 0. The van der Waals surface area contributed by atoms with Gasteiger partial charge >= 0.3 is 0 Å². The van der Waals surface area contributed by atoms with Crippen molar-refractivity contribution in [2.24, 2.45) is 5.92 Å². The number of hydrogen-bond acceptors (Lipinski definition) is 10. The summed E-state index contributed by atoms with van der Waals surface area (Å²) in [5, 5.41) is 8.70. The molecule has 0 saturated heterocycles. The first-order valence-corrected chi connectivity index (χ1v) is 11.4. The number of methoxy groups -OCH3 is 1. The van der Waals surface area contributed by atoms with Gasteiger partial charge < -0.3 is 19.7 Å². The van der Waals surface area contributed by atoms with Gasteiger partial charge in [-0.15, -0.1) is 0 Å². The fourth-order valence-electron chi connectivity index (χ4n) is 3.61. The Balaban J connectivity index is 1.52. The van der Waals surface area contributed by atoms with E-state index < -0.39 is 5.41 Å². The fourth-order valence-corrected chi connectivity index (χ4v) is 3.61. The highest BCUT2D eigenvalue weighted by atomic mass is 16.5. The molecule has 0 radical (unpaired) electrons. The van der Waals surface area contributed by atoms with Crippen LogP contribution in [0.2, 0.25) is 0 Å². The number of hydrogen-bond donors (Lipinski definition) is 1. The Hall–Kier alpha value is -3.70. The number of nitrogen functional groups attached to an aromatic ring is 1. The molecular weight excluding hydrogens is 448 g/mol. The van der Waals surface area contributed by atoms with Crippen molar-refractivity contribution in [2.75, 3.05) is 32.7 Å². The molecule has 0 aromatic carbocycles. The summed E-state index contributed by atoms with van der Waals surface area (Å²) in [6, 6.07) is 3.96. The highest BCUT2D eigenvalue weighted by molar-refractivity contribution is 5.58. The van der Waals surface area contributed by atoms with Crippen molar-refractivity contribution in [3.05, 3.63) is 54.5 Å². The lowest BCUT2D eigenvalue weighted by molar-refractivity contribution is 0.0654. The average Bonchev–Trinajstić information content (AvgIpc) is 3.54. The maximum Gasteiger partial charge on any atom is 0.261 e. The van der Waals surface area contributed by atoms with E-state index in [2.05, 4.69) is 46.0 Å². The first-order valence-electron chi connectivity index (χ1n) is 11.4. The Kier molecular flexibility index (Phi) is 7.47. The Labute approximate surface area is 203 Å². The topological polar surface area (TPSA) is 140 Å². The zero-order chi connectivity index (χ0) is 24.8. The van der Waals surface area contributed by atoms with E-state index in [0.29, 0.717) is 38.1 Å². The third-order valence-electron chi connectivity index (χ3n) is 6.15. The molecule has 2 N–H and O–H groups in total. The van der Waals surface area contributed by atoms with Crippen molar-refractivity contribution in [1.29, 1.82) is 0 Å². The number of aromatic nitrogens is 7. The van der Waals surface area contributed by atoms with Crippen LogP contribution in [-0.2, 0) is 21.4 Å². The Morgan fingerprint density at radius 3 is 2.51 bits per heavy atom. The summed E-state index contributed by atoms with van der Waals surface area (Å²) < 4.78 is 17.9. The van der Waals surface area contributed by atoms with Gasteiger partial charge in [-0.25, -0.2) is 9.97 Å². The van der Waals surface area contributed by atoms with E-state index in [1.165, 1.54) is 0 Å². The molecule has 4 rings (SSSR count). The summed E-state index contributed by atoms with van der Waals surface area (Å²) in [6.45, 7) is 8.61. The van der Waals surface area contributed by atoms with E-state index in [4.69, 9.17) is 24.7 Å². The van der Waals surface area contributed by atoms with Crippen LogP contribution in [0, 0.1) is 5.92 Å². The van der Waals surface area contributed by atoms with Gasteiger partial charge in [-0.2, -0.15) is 10.1 Å². The molecule has 0 bridgehead atoms. The average molecular weight is 479 g/mol. The summed E-state index contributed by atoms with van der Waals surface area (Å²) in [7, 11) is 1.65. The molecule has 0 fully saturated rings. The van der Waals surface area contributed by atoms with E-state index in [-0.39, 0.29) is 11.9 Å². The zero-order valence-corrected chi connectivity index (χ0v) is 20.4. The smallest absolute Gasteiger partial charge is 0.261 e. The van der Waals surface area contributed by atoms with Gasteiger partial charge in [-0.1, -0.05) is 25.1 Å². The largest absolute Gasteiger partial charge is 0.382 e.